The van der Waals surface area contributed by atoms with Crippen molar-refractivity contribution >= 4 is 11.9 Å². The first-order valence-corrected chi connectivity index (χ1v) is 8.51. The Hall–Kier alpha value is -2.04. The predicted molar refractivity (Wildman–Crippen MR) is 88.9 cm³/mol. The summed E-state index contributed by atoms with van der Waals surface area (Å²) in [6.07, 6.45) is 4.87. The van der Waals surface area contributed by atoms with E-state index in [2.05, 4.69) is 23.5 Å². The van der Waals surface area contributed by atoms with Crippen molar-refractivity contribution in [1.29, 1.82) is 0 Å². The highest BCUT2D eigenvalue weighted by atomic mass is 16.2. The number of carbonyl (C=O) groups excluding carboxylic acids is 2. The van der Waals surface area contributed by atoms with Crippen molar-refractivity contribution in [2.45, 2.75) is 45.1 Å². The summed E-state index contributed by atoms with van der Waals surface area (Å²) in [5.41, 5.74) is 9.36. The molecule has 0 aromatic heterocycles. The smallest absolute Gasteiger partial charge is 0.317 e. The largest absolute Gasteiger partial charge is 0.369 e. The Labute approximate surface area is 137 Å². The summed E-state index contributed by atoms with van der Waals surface area (Å²) in [6, 6.07) is 6.47. The van der Waals surface area contributed by atoms with E-state index in [0.29, 0.717) is 25.9 Å². The number of hydrogen-bond donors (Lipinski definition) is 2. The van der Waals surface area contributed by atoms with Crippen LogP contribution in [0.15, 0.2) is 18.2 Å². The van der Waals surface area contributed by atoms with Crippen molar-refractivity contribution in [2.75, 3.05) is 13.1 Å². The lowest BCUT2D eigenvalue weighted by Crippen LogP contribution is -2.46. The molecule has 1 fully saturated rings. The van der Waals surface area contributed by atoms with Gasteiger partial charge in [-0.15, -0.1) is 0 Å². The average Bonchev–Trinajstić information content (AvgIpc) is 3.02. The molecular formula is C18H25N3O2. The minimum atomic E-state index is -0.253. The van der Waals surface area contributed by atoms with Gasteiger partial charge < -0.3 is 16.0 Å². The molecule has 1 saturated heterocycles. The van der Waals surface area contributed by atoms with Gasteiger partial charge in [0.1, 0.15) is 0 Å². The minimum absolute atomic E-state index is 0.0118. The molecule has 1 atom stereocenters. The maximum absolute atomic E-state index is 12.4. The van der Waals surface area contributed by atoms with Gasteiger partial charge >= 0.3 is 6.03 Å². The first-order valence-electron chi connectivity index (χ1n) is 8.51. The number of nitrogens with zero attached hydrogens (tertiary/aromatic N) is 1. The molecule has 23 heavy (non-hydrogen) atoms. The number of hydrogen-bond acceptors (Lipinski definition) is 2. The molecule has 1 aliphatic heterocycles. The molecule has 2 aliphatic rings. The minimum Gasteiger partial charge on any atom is -0.369 e. The van der Waals surface area contributed by atoms with E-state index >= 15 is 0 Å². The van der Waals surface area contributed by atoms with E-state index in [1.54, 1.807) is 4.90 Å². The van der Waals surface area contributed by atoms with Gasteiger partial charge in [0.15, 0.2) is 0 Å². The number of rotatable bonds is 3. The molecule has 1 aliphatic carbocycles. The number of carbonyl (C=O) groups is 2. The first-order chi connectivity index (χ1) is 11.0. The Bertz CT molecular complexity index is 606. The van der Waals surface area contributed by atoms with Crippen LogP contribution >= 0.6 is 0 Å². The molecule has 1 aromatic carbocycles. The molecular weight excluding hydrogens is 290 g/mol. The lowest BCUT2D eigenvalue weighted by Gasteiger charge is -2.31. The molecule has 5 heteroatoms. The standard InChI is InChI=1S/C18H25N3O2/c1-12(15-6-5-13-3-2-4-16(13)11-15)20-18(23)21-9-7-14(8-10-21)17(19)22/h5-6,11-12,14H,2-4,7-10H2,1H3,(H2,19,22)(H,20,23). The van der Waals surface area contributed by atoms with Gasteiger partial charge in [-0.1, -0.05) is 18.2 Å². The number of piperidine rings is 1. The van der Waals surface area contributed by atoms with Crippen LogP contribution in [0.4, 0.5) is 4.79 Å². The summed E-state index contributed by atoms with van der Waals surface area (Å²) in [4.78, 5) is 25.4. The molecule has 3 rings (SSSR count). The Morgan fingerprint density at radius 1 is 1.22 bits per heavy atom. The zero-order chi connectivity index (χ0) is 16.4. The van der Waals surface area contributed by atoms with Crippen molar-refractivity contribution in [2.24, 2.45) is 11.7 Å². The number of amides is 3. The maximum atomic E-state index is 12.4. The van der Waals surface area contributed by atoms with Crippen molar-refractivity contribution in [3.05, 3.63) is 34.9 Å². The normalized spacial score (nSPS) is 19.3. The summed E-state index contributed by atoms with van der Waals surface area (Å²) in [5, 5.41) is 3.07. The highest BCUT2D eigenvalue weighted by molar-refractivity contribution is 5.78. The van der Waals surface area contributed by atoms with E-state index in [1.165, 1.54) is 24.0 Å². The molecule has 5 nitrogen and oxygen atoms in total. The van der Waals surface area contributed by atoms with Gasteiger partial charge in [0, 0.05) is 19.0 Å². The Morgan fingerprint density at radius 3 is 2.61 bits per heavy atom. The van der Waals surface area contributed by atoms with Crippen LogP contribution in [0.5, 0.6) is 0 Å². The van der Waals surface area contributed by atoms with Gasteiger partial charge in [-0.2, -0.15) is 0 Å². The fraction of sp³-hybridized carbons (Fsp3) is 0.556. The summed E-state index contributed by atoms with van der Waals surface area (Å²) in [6.45, 7) is 3.21. The third kappa shape index (κ3) is 3.49. The Kier molecular flexibility index (Phi) is 4.55. The molecule has 0 bridgehead atoms. The van der Waals surface area contributed by atoms with Crippen LogP contribution in [0.1, 0.15) is 48.9 Å². The molecule has 1 heterocycles. The van der Waals surface area contributed by atoms with Gasteiger partial charge in [-0.05, 0) is 55.7 Å². The highest BCUT2D eigenvalue weighted by Gasteiger charge is 2.26. The number of nitrogens with one attached hydrogen (secondary N) is 1. The lowest BCUT2D eigenvalue weighted by atomic mass is 9.96. The van der Waals surface area contributed by atoms with Gasteiger partial charge in [-0.25, -0.2) is 4.79 Å². The third-order valence-corrected chi connectivity index (χ3v) is 5.15. The number of nitrogens with two attached hydrogens (primary N) is 1. The zero-order valence-corrected chi connectivity index (χ0v) is 13.7. The van der Waals surface area contributed by atoms with Crippen molar-refractivity contribution in [1.82, 2.24) is 10.2 Å². The fourth-order valence-corrected chi connectivity index (χ4v) is 3.59. The summed E-state index contributed by atoms with van der Waals surface area (Å²) >= 11 is 0. The summed E-state index contributed by atoms with van der Waals surface area (Å²) in [5.74, 6) is -0.343. The van der Waals surface area contributed by atoms with Crippen LogP contribution in [-0.2, 0) is 17.6 Å². The van der Waals surface area contributed by atoms with E-state index in [9.17, 15) is 9.59 Å². The number of likely N-dealkylation sites (tertiary alicyclic amines) is 1. The van der Waals surface area contributed by atoms with Crippen LogP contribution < -0.4 is 11.1 Å². The number of fused-ring (bicyclic) bond motifs is 1. The molecule has 1 aromatic rings. The molecule has 124 valence electrons. The van der Waals surface area contributed by atoms with Crippen LogP contribution in [0.3, 0.4) is 0 Å². The summed E-state index contributed by atoms with van der Waals surface area (Å²) < 4.78 is 0. The van der Waals surface area contributed by atoms with Crippen LogP contribution in [-0.4, -0.2) is 29.9 Å². The second kappa shape index (κ2) is 6.60. The Balaban J connectivity index is 1.56. The number of aryl methyl sites for hydroxylation is 2. The average molecular weight is 315 g/mol. The SMILES string of the molecule is CC(NC(=O)N1CCC(C(N)=O)CC1)c1ccc2c(c1)CCC2. The third-order valence-electron chi connectivity index (χ3n) is 5.15. The highest BCUT2D eigenvalue weighted by Crippen LogP contribution is 2.25. The molecule has 0 saturated carbocycles. The molecule has 0 spiro atoms. The second-order valence-electron chi connectivity index (χ2n) is 6.72. The van der Waals surface area contributed by atoms with Crippen LogP contribution in [0.25, 0.3) is 0 Å². The van der Waals surface area contributed by atoms with Crippen LogP contribution in [0, 0.1) is 5.92 Å². The van der Waals surface area contributed by atoms with E-state index < -0.39 is 0 Å². The molecule has 1 unspecified atom stereocenters. The van der Waals surface area contributed by atoms with E-state index in [4.69, 9.17) is 5.73 Å². The van der Waals surface area contributed by atoms with E-state index in [0.717, 1.165) is 12.0 Å². The second-order valence-corrected chi connectivity index (χ2v) is 6.72. The number of primary amides is 1. The predicted octanol–water partition coefficient (Wildman–Crippen LogP) is 2.14. The van der Waals surface area contributed by atoms with Crippen molar-refractivity contribution in [3.8, 4) is 0 Å². The Morgan fingerprint density at radius 2 is 1.91 bits per heavy atom. The molecule has 3 N–H and O–H groups in total. The maximum Gasteiger partial charge on any atom is 0.317 e. The van der Waals surface area contributed by atoms with Crippen molar-refractivity contribution in [3.63, 3.8) is 0 Å². The van der Waals surface area contributed by atoms with Crippen LogP contribution in [0.2, 0.25) is 0 Å². The van der Waals surface area contributed by atoms with E-state index in [-0.39, 0.29) is 23.9 Å². The van der Waals surface area contributed by atoms with Gasteiger partial charge in [0.25, 0.3) is 0 Å². The lowest BCUT2D eigenvalue weighted by molar-refractivity contribution is -0.123. The first kappa shape index (κ1) is 15.8. The van der Waals surface area contributed by atoms with E-state index in [1.807, 2.05) is 6.92 Å². The quantitative estimate of drug-likeness (QED) is 0.896. The molecule has 0 radical (unpaired) electrons. The monoisotopic (exact) mass is 315 g/mol. The fourth-order valence-electron chi connectivity index (χ4n) is 3.59. The van der Waals surface area contributed by atoms with Gasteiger partial charge in [-0.3, -0.25) is 4.79 Å². The zero-order valence-electron chi connectivity index (χ0n) is 13.7. The topological polar surface area (TPSA) is 75.4 Å². The number of benzene rings is 1. The van der Waals surface area contributed by atoms with Gasteiger partial charge in [0.2, 0.25) is 5.91 Å². The summed E-state index contributed by atoms with van der Waals surface area (Å²) in [7, 11) is 0. The van der Waals surface area contributed by atoms with Crippen molar-refractivity contribution < 1.29 is 9.59 Å². The molecule has 3 amide bonds. The van der Waals surface area contributed by atoms with Gasteiger partial charge in [0.05, 0.1) is 6.04 Å². The number of urea groups is 1.